The molecule has 184 valence electrons. The molecule has 1 aromatic heterocycles. The molecule has 8 nitrogen and oxygen atoms in total. The van der Waals surface area contributed by atoms with Crippen molar-refractivity contribution in [1.29, 1.82) is 0 Å². The predicted octanol–water partition coefficient (Wildman–Crippen LogP) is 6.73. The van der Waals surface area contributed by atoms with E-state index < -0.39 is 4.92 Å². The SMILES string of the molecule is CCCCCCCCCCCCCCCCNc1ncnc(NCCCOC)c1[N+](=O)[O-]. The number of nitro groups is 1. The van der Waals surface area contributed by atoms with E-state index in [2.05, 4.69) is 27.5 Å². The van der Waals surface area contributed by atoms with Crippen LogP contribution in [0.5, 0.6) is 0 Å². The van der Waals surface area contributed by atoms with Gasteiger partial charge in [-0.15, -0.1) is 0 Å². The van der Waals surface area contributed by atoms with Crippen molar-refractivity contribution in [3.63, 3.8) is 0 Å². The first-order chi connectivity index (χ1) is 15.7. The summed E-state index contributed by atoms with van der Waals surface area (Å²) < 4.78 is 5.00. The maximum atomic E-state index is 11.5. The molecule has 0 saturated heterocycles. The quantitative estimate of drug-likeness (QED) is 0.114. The summed E-state index contributed by atoms with van der Waals surface area (Å²) in [7, 11) is 1.63. The van der Waals surface area contributed by atoms with Crippen molar-refractivity contribution < 1.29 is 9.66 Å². The molecular formula is C24H45N5O3. The standard InChI is InChI=1S/C24H45N5O3/c1-3-4-5-6-7-8-9-10-11-12-13-14-15-16-18-25-23-22(29(30)31)24(28-21-27-23)26-19-17-20-32-2/h21H,3-20H2,1-2H3,(H2,25,26,27,28). The molecule has 32 heavy (non-hydrogen) atoms. The van der Waals surface area contributed by atoms with Crippen LogP contribution < -0.4 is 10.6 Å². The lowest BCUT2D eigenvalue weighted by Gasteiger charge is -2.10. The zero-order valence-corrected chi connectivity index (χ0v) is 20.4. The van der Waals surface area contributed by atoms with Gasteiger partial charge < -0.3 is 15.4 Å². The molecule has 1 aromatic rings. The predicted molar refractivity (Wildman–Crippen MR) is 132 cm³/mol. The van der Waals surface area contributed by atoms with Crippen molar-refractivity contribution in [1.82, 2.24) is 9.97 Å². The van der Waals surface area contributed by atoms with Gasteiger partial charge in [-0.05, 0) is 12.8 Å². The highest BCUT2D eigenvalue weighted by molar-refractivity contribution is 5.69. The van der Waals surface area contributed by atoms with Crippen molar-refractivity contribution in [2.45, 2.75) is 103 Å². The van der Waals surface area contributed by atoms with Crippen LogP contribution in [0.1, 0.15) is 103 Å². The van der Waals surface area contributed by atoms with Crippen LogP contribution in [-0.2, 0) is 4.74 Å². The molecule has 0 aliphatic heterocycles. The number of hydrogen-bond donors (Lipinski definition) is 2. The number of aromatic nitrogens is 2. The van der Waals surface area contributed by atoms with Gasteiger partial charge in [0.15, 0.2) is 0 Å². The van der Waals surface area contributed by atoms with Crippen LogP contribution in [-0.4, -0.2) is 41.7 Å². The van der Waals surface area contributed by atoms with Crippen LogP contribution in [0, 0.1) is 10.1 Å². The maximum absolute atomic E-state index is 11.5. The third-order valence-electron chi connectivity index (χ3n) is 5.65. The van der Waals surface area contributed by atoms with E-state index in [1.54, 1.807) is 7.11 Å². The second kappa shape index (κ2) is 19.7. The summed E-state index contributed by atoms with van der Waals surface area (Å²) in [5.74, 6) is 0.540. The summed E-state index contributed by atoms with van der Waals surface area (Å²) in [5, 5.41) is 17.6. The van der Waals surface area contributed by atoms with Gasteiger partial charge in [0.1, 0.15) is 6.33 Å². The fourth-order valence-corrected chi connectivity index (χ4v) is 3.76. The number of unbranched alkanes of at least 4 members (excludes halogenated alkanes) is 13. The second-order valence-electron chi connectivity index (χ2n) is 8.47. The van der Waals surface area contributed by atoms with E-state index >= 15 is 0 Å². The fraction of sp³-hybridized carbons (Fsp3) is 0.833. The summed E-state index contributed by atoms with van der Waals surface area (Å²) >= 11 is 0. The summed E-state index contributed by atoms with van der Waals surface area (Å²) in [6.07, 6.45) is 20.5. The maximum Gasteiger partial charge on any atom is 0.353 e. The number of anilines is 2. The lowest BCUT2D eigenvalue weighted by atomic mass is 10.0. The largest absolute Gasteiger partial charge is 0.385 e. The molecule has 0 aliphatic rings. The average molecular weight is 452 g/mol. The summed E-state index contributed by atoms with van der Waals surface area (Å²) in [5.41, 5.74) is -0.0877. The van der Waals surface area contributed by atoms with Gasteiger partial charge in [-0.3, -0.25) is 10.1 Å². The van der Waals surface area contributed by atoms with E-state index in [1.165, 1.54) is 83.4 Å². The van der Waals surface area contributed by atoms with Gasteiger partial charge in [0.25, 0.3) is 0 Å². The highest BCUT2D eigenvalue weighted by Crippen LogP contribution is 2.28. The van der Waals surface area contributed by atoms with Crippen LogP contribution in [0.3, 0.4) is 0 Å². The Kier molecular flexibility index (Phi) is 17.3. The Morgan fingerprint density at radius 1 is 0.781 bits per heavy atom. The van der Waals surface area contributed by atoms with E-state index in [9.17, 15) is 10.1 Å². The minimum atomic E-state index is -0.424. The molecule has 0 aromatic carbocycles. The van der Waals surface area contributed by atoms with Gasteiger partial charge in [0.2, 0.25) is 11.6 Å². The van der Waals surface area contributed by atoms with Gasteiger partial charge in [0.05, 0.1) is 4.92 Å². The molecule has 1 heterocycles. The van der Waals surface area contributed by atoms with Crippen LogP contribution in [0.2, 0.25) is 0 Å². The first kappa shape index (κ1) is 28.1. The van der Waals surface area contributed by atoms with Crippen molar-refractivity contribution in [3.8, 4) is 0 Å². The number of nitrogens with one attached hydrogen (secondary N) is 2. The lowest BCUT2D eigenvalue weighted by molar-refractivity contribution is -0.383. The van der Waals surface area contributed by atoms with E-state index in [0.717, 1.165) is 19.3 Å². The Bertz CT molecular complexity index is 601. The molecule has 8 heteroatoms. The molecule has 0 aliphatic carbocycles. The Balaban J connectivity index is 2.12. The smallest absolute Gasteiger partial charge is 0.353 e. The Morgan fingerprint density at radius 3 is 1.66 bits per heavy atom. The number of nitrogens with zero attached hydrogens (tertiary/aromatic N) is 3. The van der Waals surface area contributed by atoms with E-state index in [4.69, 9.17) is 4.74 Å². The van der Waals surface area contributed by atoms with Crippen molar-refractivity contribution in [2.24, 2.45) is 0 Å². The highest BCUT2D eigenvalue weighted by atomic mass is 16.6. The molecule has 0 fully saturated rings. The van der Waals surface area contributed by atoms with Crippen molar-refractivity contribution in [3.05, 3.63) is 16.4 Å². The third kappa shape index (κ3) is 13.5. The summed E-state index contributed by atoms with van der Waals surface area (Å²) in [6.45, 7) is 4.10. The highest BCUT2D eigenvalue weighted by Gasteiger charge is 2.22. The van der Waals surface area contributed by atoms with Gasteiger partial charge in [0, 0.05) is 26.8 Å². The zero-order chi connectivity index (χ0) is 23.3. The van der Waals surface area contributed by atoms with Gasteiger partial charge in [-0.25, -0.2) is 9.97 Å². The number of rotatable bonds is 22. The summed E-state index contributed by atoms with van der Waals surface area (Å²) in [6, 6.07) is 0. The van der Waals surface area contributed by atoms with Crippen molar-refractivity contribution >= 4 is 17.3 Å². The average Bonchev–Trinajstić information content (AvgIpc) is 2.79. The Morgan fingerprint density at radius 2 is 1.22 bits per heavy atom. The first-order valence-electron chi connectivity index (χ1n) is 12.7. The first-order valence-corrected chi connectivity index (χ1v) is 12.7. The van der Waals surface area contributed by atoms with E-state index in [1.807, 2.05) is 0 Å². The Labute approximate surface area is 194 Å². The minimum absolute atomic E-state index is 0.0877. The molecule has 0 spiro atoms. The van der Waals surface area contributed by atoms with Gasteiger partial charge in [-0.2, -0.15) is 0 Å². The fourth-order valence-electron chi connectivity index (χ4n) is 3.76. The van der Waals surface area contributed by atoms with E-state index in [-0.39, 0.29) is 17.3 Å². The molecule has 0 unspecified atom stereocenters. The zero-order valence-electron chi connectivity index (χ0n) is 20.4. The van der Waals surface area contributed by atoms with E-state index in [0.29, 0.717) is 19.7 Å². The third-order valence-corrected chi connectivity index (χ3v) is 5.65. The van der Waals surface area contributed by atoms with Crippen LogP contribution in [0.15, 0.2) is 6.33 Å². The number of hydrogen-bond acceptors (Lipinski definition) is 7. The monoisotopic (exact) mass is 451 g/mol. The molecule has 0 saturated carbocycles. The molecule has 2 N–H and O–H groups in total. The summed E-state index contributed by atoms with van der Waals surface area (Å²) in [4.78, 5) is 19.2. The molecular weight excluding hydrogens is 406 g/mol. The lowest BCUT2D eigenvalue weighted by Crippen LogP contribution is -2.12. The minimum Gasteiger partial charge on any atom is -0.385 e. The Hall–Kier alpha value is -1.96. The molecule has 0 bridgehead atoms. The van der Waals surface area contributed by atoms with Gasteiger partial charge in [-0.1, -0.05) is 90.4 Å². The molecule has 1 rings (SSSR count). The topological polar surface area (TPSA) is 102 Å². The second-order valence-corrected chi connectivity index (χ2v) is 8.47. The van der Waals surface area contributed by atoms with Crippen LogP contribution >= 0.6 is 0 Å². The van der Waals surface area contributed by atoms with Crippen LogP contribution in [0.4, 0.5) is 17.3 Å². The van der Waals surface area contributed by atoms with Crippen molar-refractivity contribution in [2.75, 3.05) is 37.4 Å². The normalized spacial score (nSPS) is 10.9. The van der Waals surface area contributed by atoms with Crippen LogP contribution in [0.25, 0.3) is 0 Å². The molecule has 0 radical (unpaired) electrons. The number of methoxy groups -OCH3 is 1. The van der Waals surface area contributed by atoms with Gasteiger partial charge >= 0.3 is 5.69 Å². The number of ether oxygens (including phenoxy) is 1. The molecule has 0 amide bonds. The molecule has 0 atom stereocenters.